The molecule has 1 aromatic carbocycles. The Morgan fingerprint density at radius 1 is 1.17 bits per heavy atom. The molecule has 0 spiro atoms. The van der Waals surface area contributed by atoms with Crippen molar-refractivity contribution in [2.75, 3.05) is 6.54 Å². The Morgan fingerprint density at radius 3 is 3.00 bits per heavy atom. The van der Waals surface area contributed by atoms with Crippen LogP contribution in [-0.4, -0.2) is 6.54 Å². The maximum Gasteiger partial charge on any atom is 0.134 e. The van der Waals surface area contributed by atoms with Crippen LogP contribution in [0.3, 0.4) is 0 Å². The SMILES string of the molecule is CCCCCC1=C2C(=CC=C3NCC=CC32)c2ccccc2O1. The maximum absolute atomic E-state index is 6.35. The fourth-order valence-corrected chi connectivity index (χ4v) is 3.68. The Labute approximate surface area is 138 Å². The van der Waals surface area contributed by atoms with Crippen molar-refractivity contribution in [1.29, 1.82) is 0 Å². The van der Waals surface area contributed by atoms with Gasteiger partial charge in [-0.15, -0.1) is 0 Å². The van der Waals surface area contributed by atoms with Crippen molar-refractivity contribution in [1.82, 2.24) is 5.32 Å². The fraction of sp³-hybridized carbons (Fsp3) is 0.333. The number of hydrogen-bond donors (Lipinski definition) is 1. The van der Waals surface area contributed by atoms with E-state index in [-0.39, 0.29) is 0 Å². The zero-order valence-corrected chi connectivity index (χ0v) is 13.6. The second-order valence-corrected chi connectivity index (χ2v) is 6.38. The normalized spacial score (nSPS) is 21.3. The molecule has 0 bridgehead atoms. The Balaban J connectivity index is 1.80. The number of para-hydroxylation sites is 1. The average Bonchev–Trinajstić information content (AvgIpc) is 2.61. The molecule has 0 radical (unpaired) electrons. The number of nitrogens with one attached hydrogen (secondary N) is 1. The molecule has 3 aliphatic rings. The molecule has 2 heteroatoms. The van der Waals surface area contributed by atoms with Gasteiger partial charge in [0.2, 0.25) is 0 Å². The second-order valence-electron chi connectivity index (χ2n) is 6.38. The molecule has 118 valence electrons. The third-order valence-electron chi connectivity index (χ3n) is 4.84. The smallest absolute Gasteiger partial charge is 0.134 e. The molecule has 2 nitrogen and oxygen atoms in total. The van der Waals surface area contributed by atoms with E-state index in [1.165, 1.54) is 41.7 Å². The molecular formula is C21H23NO. The molecule has 1 N–H and O–H groups in total. The molecule has 0 amide bonds. The van der Waals surface area contributed by atoms with Gasteiger partial charge in [0.05, 0.1) is 0 Å². The number of hydrogen-bond acceptors (Lipinski definition) is 2. The Bertz CT molecular complexity index is 736. The Kier molecular flexibility index (Phi) is 3.82. The van der Waals surface area contributed by atoms with Crippen LogP contribution in [0.5, 0.6) is 5.75 Å². The van der Waals surface area contributed by atoms with E-state index in [1.54, 1.807) is 0 Å². The van der Waals surface area contributed by atoms with Gasteiger partial charge >= 0.3 is 0 Å². The van der Waals surface area contributed by atoms with Crippen LogP contribution < -0.4 is 10.1 Å². The fourth-order valence-electron chi connectivity index (χ4n) is 3.68. The summed E-state index contributed by atoms with van der Waals surface area (Å²) in [6.07, 6.45) is 13.7. The summed E-state index contributed by atoms with van der Waals surface area (Å²) in [7, 11) is 0. The lowest BCUT2D eigenvalue weighted by molar-refractivity contribution is 0.380. The Hall–Kier alpha value is -2.22. The molecule has 0 fully saturated rings. The van der Waals surface area contributed by atoms with Gasteiger partial charge < -0.3 is 10.1 Å². The minimum Gasteiger partial charge on any atom is -0.461 e. The number of unbranched alkanes of at least 4 members (excludes halogenated alkanes) is 2. The molecule has 2 heterocycles. The van der Waals surface area contributed by atoms with Gasteiger partial charge in [0.15, 0.2) is 0 Å². The molecule has 0 saturated carbocycles. The molecule has 0 aromatic heterocycles. The van der Waals surface area contributed by atoms with Gasteiger partial charge in [0.1, 0.15) is 11.5 Å². The molecule has 0 saturated heterocycles. The third-order valence-corrected chi connectivity index (χ3v) is 4.84. The summed E-state index contributed by atoms with van der Waals surface area (Å²) in [4.78, 5) is 0. The quantitative estimate of drug-likeness (QED) is 0.626. The molecule has 4 rings (SSSR count). The van der Waals surface area contributed by atoms with E-state index in [9.17, 15) is 0 Å². The highest BCUT2D eigenvalue weighted by Gasteiger charge is 2.32. The van der Waals surface area contributed by atoms with Crippen molar-refractivity contribution in [3.8, 4) is 5.75 Å². The van der Waals surface area contributed by atoms with Gasteiger partial charge in [-0.2, -0.15) is 0 Å². The van der Waals surface area contributed by atoms with Crippen LogP contribution in [0.15, 0.2) is 65.6 Å². The van der Waals surface area contributed by atoms with Gasteiger partial charge in [-0.3, -0.25) is 0 Å². The van der Waals surface area contributed by atoms with Crippen molar-refractivity contribution < 1.29 is 4.74 Å². The van der Waals surface area contributed by atoms with Crippen LogP contribution in [0.25, 0.3) is 5.57 Å². The summed E-state index contributed by atoms with van der Waals surface area (Å²) in [5.41, 5.74) is 5.21. The van der Waals surface area contributed by atoms with Crippen molar-refractivity contribution in [2.45, 2.75) is 32.6 Å². The molecule has 23 heavy (non-hydrogen) atoms. The molecule has 1 unspecified atom stereocenters. The first-order chi connectivity index (χ1) is 11.4. The van der Waals surface area contributed by atoms with Crippen LogP contribution in [-0.2, 0) is 0 Å². The largest absolute Gasteiger partial charge is 0.461 e. The van der Waals surface area contributed by atoms with Crippen LogP contribution in [0.2, 0.25) is 0 Å². The van der Waals surface area contributed by atoms with Crippen molar-refractivity contribution in [2.24, 2.45) is 5.92 Å². The van der Waals surface area contributed by atoms with Crippen molar-refractivity contribution in [3.63, 3.8) is 0 Å². The number of benzene rings is 1. The lowest BCUT2D eigenvalue weighted by atomic mass is 9.78. The van der Waals surface area contributed by atoms with Gasteiger partial charge in [0.25, 0.3) is 0 Å². The maximum atomic E-state index is 6.35. The zero-order chi connectivity index (χ0) is 15.6. The highest BCUT2D eigenvalue weighted by atomic mass is 16.5. The van der Waals surface area contributed by atoms with Gasteiger partial charge in [-0.1, -0.05) is 56.2 Å². The highest BCUT2D eigenvalue weighted by Crippen LogP contribution is 2.46. The number of fused-ring (bicyclic) bond motifs is 5. The van der Waals surface area contributed by atoms with Crippen LogP contribution in [0.4, 0.5) is 0 Å². The lowest BCUT2D eigenvalue weighted by Gasteiger charge is -2.34. The standard InChI is InChI=1S/C21H23NO/c1-2-3-4-11-20-21-16(15-8-5-6-10-19(15)23-20)12-13-18-17(21)9-7-14-22-18/h5-10,12-13,17,22H,2-4,11,14H2,1H3. The van der Waals surface area contributed by atoms with E-state index >= 15 is 0 Å². The van der Waals surface area contributed by atoms with E-state index in [4.69, 9.17) is 4.74 Å². The molecule has 2 aliphatic heterocycles. The first-order valence-corrected chi connectivity index (χ1v) is 8.71. The summed E-state index contributed by atoms with van der Waals surface area (Å²) in [5.74, 6) is 2.47. The van der Waals surface area contributed by atoms with Gasteiger partial charge in [-0.25, -0.2) is 0 Å². The van der Waals surface area contributed by atoms with Crippen molar-refractivity contribution >= 4 is 5.57 Å². The highest BCUT2D eigenvalue weighted by molar-refractivity contribution is 5.88. The summed E-state index contributed by atoms with van der Waals surface area (Å²) in [6.45, 7) is 3.16. The first-order valence-electron chi connectivity index (χ1n) is 8.71. The minimum atomic E-state index is 0.314. The zero-order valence-electron chi connectivity index (χ0n) is 13.6. The first kappa shape index (κ1) is 14.4. The molecule has 1 aromatic rings. The Morgan fingerprint density at radius 2 is 2.09 bits per heavy atom. The van der Waals surface area contributed by atoms with E-state index < -0.39 is 0 Å². The summed E-state index contributed by atoms with van der Waals surface area (Å²) in [6, 6.07) is 8.40. The minimum absolute atomic E-state index is 0.314. The molecule has 1 aliphatic carbocycles. The van der Waals surface area contributed by atoms with Crippen LogP contribution in [0, 0.1) is 5.92 Å². The van der Waals surface area contributed by atoms with E-state index in [2.05, 4.69) is 60.8 Å². The predicted molar refractivity (Wildman–Crippen MR) is 94.9 cm³/mol. The molecule has 1 atom stereocenters. The van der Waals surface area contributed by atoms with Crippen LogP contribution in [0.1, 0.15) is 38.2 Å². The topological polar surface area (TPSA) is 21.3 Å². The summed E-state index contributed by atoms with van der Waals surface area (Å²) in [5, 5.41) is 3.51. The lowest BCUT2D eigenvalue weighted by Crippen LogP contribution is -2.29. The van der Waals surface area contributed by atoms with E-state index in [0.717, 1.165) is 24.5 Å². The van der Waals surface area contributed by atoms with E-state index in [1.807, 2.05) is 0 Å². The third kappa shape index (κ3) is 2.52. The predicted octanol–water partition coefficient (Wildman–Crippen LogP) is 4.97. The van der Waals surface area contributed by atoms with Gasteiger partial charge in [-0.05, 0) is 24.1 Å². The van der Waals surface area contributed by atoms with E-state index in [0.29, 0.717) is 5.92 Å². The second kappa shape index (κ2) is 6.11. The average molecular weight is 305 g/mol. The number of rotatable bonds is 4. The van der Waals surface area contributed by atoms with Gasteiger partial charge in [0, 0.05) is 35.7 Å². The number of ether oxygens (including phenoxy) is 1. The molecular weight excluding hydrogens is 282 g/mol. The monoisotopic (exact) mass is 305 g/mol. The summed E-state index contributed by atoms with van der Waals surface area (Å²) >= 11 is 0. The summed E-state index contributed by atoms with van der Waals surface area (Å²) < 4.78 is 6.35. The number of allylic oxidation sites excluding steroid dienone is 5. The van der Waals surface area contributed by atoms with Crippen LogP contribution >= 0.6 is 0 Å². The van der Waals surface area contributed by atoms with Crippen molar-refractivity contribution in [3.05, 3.63) is 71.2 Å².